The van der Waals surface area contributed by atoms with Gasteiger partial charge in [-0.25, -0.2) is 0 Å². The minimum Gasteiger partial charge on any atom is -0.375 e. The zero-order valence-corrected chi connectivity index (χ0v) is 13.1. The van der Waals surface area contributed by atoms with Crippen LogP contribution in [0.1, 0.15) is 18.4 Å². The molecule has 6 heteroatoms. The number of fused-ring (bicyclic) bond motifs is 1. The highest BCUT2D eigenvalue weighted by atomic mass is 16.5. The van der Waals surface area contributed by atoms with Crippen LogP contribution in [0.15, 0.2) is 12.4 Å². The van der Waals surface area contributed by atoms with Crippen LogP contribution in [0.3, 0.4) is 0 Å². The van der Waals surface area contributed by atoms with Crippen molar-refractivity contribution in [2.75, 3.05) is 32.8 Å². The van der Waals surface area contributed by atoms with E-state index in [1.165, 1.54) is 5.56 Å². The van der Waals surface area contributed by atoms with E-state index in [9.17, 15) is 4.79 Å². The van der Waals surface area contributed by atoms with E-state index in [1.54, 1.807) is 0 Å². The van der Waals surface area contributed by atoms with Crippen molar-refractivity contribution in [2.24, 2.45) is 18.9 Å². The van der Waals surface area contributed by atoms with Gasteiger partial charge in [-0.1, -0.05) is 0 Å². The molecule has 0 aromatic carbocycles. The first-order chi connectivity index (χ1) is 10.7. The van der Waals surface area contributed by atoms with Crippen molar-refractivity contribution in [3.8, 4) is 0 Å². The van der Waals surface area contributed by atoms with Crippen LogP contribution in [-0.4, -0.2) is 64.4 Å². The second-order valence-corrected chi connectivity index (χ2v) is 6.94. The fourth-order valence-electron chi connectivity index (χ4n) is 3.69. The molecule has 0 bridgehead atoms. The Labute approximate surface area is 131 Å². The summed E-state index contributed by atoms with van der Waals surface area (Å²) in [6, 6.07) is 0. The summed E-state index contributed by atoms with van der Waals surface area (Å²) in [5, 5.41) is 4.24. The summed E-state index contributed by atoms with van der Waals surface area (Å²) in [4.78, 5) is 16.7. The Morgan fingerprint density at radius 1 is 1.36 bits per heavy atom. The Morgan fingerprint density at radius 3 is 2.95 bits per heavy atom. The van der Waals surface area contributed by atoms with Crippen molar-refractivity contribution in [3.63, 3.8) is 0 Å². The van der Waals surface area contributed by atoms with E-state index in [4.69, 9.17) is 4.74 Å². The van der Waals surface area contributed by atoms with Gasteiger partial charge in [0.15, 0.2) is 0 Å². The molecule has 6 nitrogen and oxygen atoms in total. The quantitative estimate of drug-likeness (QED) is 0.815. The lowest BCUT2D eigenvalue weighted by Gasteiger charge is -2.22. The Bertz CT molecular complexity index is 554. The molecule has 2 aliphatic heterocycles. The molecule has 1 saturated carbocycles. The van der Waals surface area contributed by atoms with Crippen molar-refractivity contribution in [3.05, 3.63) is 18.0 Å². The van der Waals surface area contributed by atoms with Crippen LogP contribution in [0.25, 0.3) is 0 Å². The third-order valence-corrected chi connectivity index (χ3v) is 5.02. The predicted molar refractivity (Wildman–Crippen MR) is 81.0 cm³/mol. The van der Waals surface area contributed by atoms with Crippen LogP contribution < -0.4 is 0 Å². The van der Waals surface area contributed by atoms with Gasteiger partial charge in [0.05, 0.1) is 18.9 Å². The lowest BCUT2D eigenvalue weighted by molar-refractivity contribution is -0.132. The number of nitrogens with zero attached hydrogens (tertiary/aromatic N) is 4. The van der Waals surface area contributed by atoms with E-state index in [0.717, 1.165) is 52.2 Å². The van der Waals surface area contributed by atoms with Crippen LogP contribution in [0.4, 0.5) is 0 Å². The molecule has 0 spiro atoms. The molecule has 120 valence electrons. The highest BCUT2D eigenvalue weighted by Crippen LogP contribution is 2.34. The largest absolute Gasteiger partial charge is 0.375 e. The van der Waals surface area contributed by atoms with E-state index in [1.807, 2.05) is 22.8 Å². The Hall–Kier alpha value is -1.40. The van der Waals surface area contributed by atoms with Crippen molar-refractivity contribution >= 4 is 5.91 Å². The zero-order chi connectivity index (χ0) is 15.1. The summed E-state index contributed by atoms with van der Waals surface area (Å²) < 4.78 is 7.87. The van der Waals surface area contributed by atoms with Crippen LogP contribution in [-0.2, 0) is 23.1 Å². The van der Waals surface area contributed by atoms with Crippen LogP contribution >= 0.6 is 0 Å². The van der Waals surface area contributed by atoms with E-state index in [2.05, 4.69) is 16.2 Å². The highest BCUT2D eigenvalue weighted by Gasteiger charge is 2.42. The number of hydrogen-bond acceptors (Lipinski definition) is 4. The first-order valence-corrected chi connectivity index (χ1v) is 8.29. The second kappa shape index (κ2) is 5.66. The second-order valence-electron chi connectivity index (χ2n) is 6.94. The number of carbonyl (C=O) groups excluding carboxylic acids is 1. The van der Waals surface area contributed by atoms with Gasteiger partial charge >= 0.3 is 0 Å². The van der Waals surface area contributed by atoms with Crippen LogP contribution in [0.2, 0.25) is 0 Å². The van der Waals surface area contributed by atoms with Crippen molar-refractivity contribution in [2.45, 2.75) is 25.5 Å². The lowest BCUT2D eigenvalue weighted by atomic mass is 10.1. The molecule has 0 radical (unpaired) electrons. The molecule has 3 aliphatic rings. The lowest BCUT2D eigenvalue weighted by Crippen LogP contribution is -2.34. The van der Waals surface area contributed by atoms with Gasteiger partial charge in [-0.2, -0.15) is 5.10 Å². The fraction of sp³-hybridized carbons (Fsp3) is 0.750. The Balaban J connectivity index is 1.38. The molecular formula is C16H24N4O2. The van der Waals surface area contributed by atoms with Crippen molar-refractivity contribution < 1.29 is 9.53 Å². The SMILES string of the molecule is Cn1cc(CN2CCO[C@@H]3CN(C(=O)C4CC4)C[C@@H]3C2)cn1. The molecule has 1 aromatic rings. The number of amides is 1. The smallest absolute Gasteiger partial charge is 0.225 e. The molecule has 3 fully saturated rings. The summed E-state index contributed by atoms with van der Waals surface area (Å²) in [6.07, 6.45) is 6.39. The fourth-order valence-corrected chi connectivity index (χ4v) is 3.69. The molecular weight excluding hydrogens is 280 g/mol. The molecule has 22 heavy (non-hydrogen) atoms. The topological polar surface area (TPSA) is 50.6 Å². The van der Waals surface area contributed by atoms with Crippen LogP contribution in [0, 0.1) is 11.8 Å². The first kappa shape index (κ1) is 14.2. The standard InChI is InChI=1S/C16H24N4O2/c1-18-7-12(6-17-18)8-19-4-5-22-15-11-20(10-14(15)9-19)16(21)13-2-3-13/h6-7,13-15H,2-5,8-11H2,1H3/t14-,15+/m0/s1. The normalized spacial score (nSPS) is 29.4. The third kappa shape index (κ3) is 2.90. The number of likely N-dealkylation sites (tertiary alicyclic amines) is 1. The third-order valence-electron chi connectivity index (χ3n) is 5.02. The van der Waals surface area contributed by atoms with Gasteiger partial charge in [-0.15, -0.1) is 0 Å². The average Bonchev–Trinajstić information content (AvgIpc) is 3.20. The number of ether oxygens (including phenoxy) is 1. The highest BCUT2D eigenvalue weighted by molar-refractivity contribution is 5.81. The Morgan fingerprint density at radius 2 is 2.23 bits per heavy atom. The predicted octanol–water partition coefficient (Wildman–Crippen LogP) is 0.489. The average molecular weight is 304 g/mol. The Kier molecular flexibility index (Phi) is 3.66. The number of carbonyl (C=O) groups is 1. The maximum absolute atomic E-state index is 12.3. The summed E-state index contributed by atoms with van der Waals surface area (Å²) in [7, 11) is 1.95. The van der Waals surface area contributed by atoms with Gasteiger partial charge < -0.3 is 9.64 Å². The van der Waals surface area contributed by atoms with Gasteiger partial charge in [0.25, 0.3) is 0 Å². The van der Waals surface area contributed by atoms with E-state index >= 15 is 0 Å². The monoisotopic (exact) mass is 304 g/mol. The van der Waals surface area contributed by atoms with Gasteiger partial charge in [0.2, 0.25) is 5.91 Å². The van der Waals surface area contributed by atoms with Gasteiger partial charge in [-0.3, -0.25) is 14.4 Å². The minimum atomic E-state index is 0.224. The van der Waals surface area contributed by atoms with E-state index in [-0.39, 0.29) is 6.10 Å². The summed E-state index contributed by atoms with van der Waals surface area (Å²) in [5.41, 5.74) is 1.24. The van der Waals surface area contributed by atoms with Gasteiger partial charge in [0, 0.05) is 63.4 Å². The van der Waals surface area contributed by atoms with Gasteiger partial charge in [0.1, 0.15) is 0 Å². The zero-order valence-electron chi connectivity index (χ0n) is 13.1. The molecule has 0 unspecified atom stereocenters. The van der Waals surface area contributed by atoms with E-state index in [0.29, 0.717) is 17.7 Å². The number of hydrogen-bond donors (Lipinski definition) is 0. The molecule has 3 heterocycles. The van der Waals surface area contributed by atoms with E-state index < -0.39 is 0 Å². The number of aromatic nitrogens is 2. The van der Waals surface area contributed by atoms with Gasteiger partial charge in [-0.05, 0) is 12.8 Å². The molecule has 4 rings (SSSR count). The van der Waals surface area contributed by atoms with Crippen molar-refractivity contribution in [1.82, 2.24) is 19.6 Å². The molecule has 2 saturated heterocycles. The molecule has 1 aromatic heterocycles. The van der Waals surface area contributed by atoms with Crippen LogP contribution in [0.5, 0.6) is 0 Å². The van der Waals surface area contributed by atoms with Crippen molar-refractivity contribution in [1.29, 1.82) is 0 Å². The molecule has 1 aliphatic carbocycles. The molecule has 0 N–H and O–H groups in total. The maximum atomic E-state index is 12.3. The summed E-state index contributed by atoms with van der Waals surface area (Å²) in [6.45, 7) is 5.29. The summed E-state index contributed by atoms with van der Waals surface area (Å²) in [5.74, 6) is 1.12. The number of rotatable bonds is 3. The molecule has 2 atom stereocenters. The minimum absolute atomic E-state index is 0.224. The molecule has 1 amide bonds. The number of aryl methyl sites for hydroxylation is 1. The maximum Gasteiger partial charge on any atom is 0.225 e. The first-order valence-electron chi connectivity index (χ1n) is 8.29. The summed E-state index contributed by atoms with van der Waals surface area (Å²) >= 11 is 0.